The number of nitrogens with zero attached hydrogens (tertiary/aromatic N) is 1. The summed E-state index contributed by atoms with van der Waals surface area (Å²) in [5, 5.41) is 5.90. The van der Waals surface area contributed by atoms with Crippen molar-refractivity contribution in [2.75, 3.05) is 31.2 Å². The van der Waals surface area contributed by atoms with Gasteiger partial charge in [0.1, 0.15) is 0 Å². The number of rotatable bonds is 9. The molecule has 1 aliphatic rings. The Kier molecular flexibility index (Phi) is 6.48. The van der Waals surface area contributed by atoms with Gasteiger partial charge in [-0.3, -0.25) is 14.4 Å². The highest BCUT2D eigenvalue weighted by molar-refractivity contribution is 8.00. The molecule has 0 unspecified atom stereocenters. The van der Waals surface area contributed by atoms with Crippen LogP contribution in [-0.2, 0) is 14.4 Å². The highest BCUT2D eigenvalue weighted by Crippen LogP contribution is 2.26. The molecule has 130 valence electrons. The normalized spacial score (nSPS) is 13.2. The van der Waals surface area contributed by atoms with Crippen LogP contribution in [0, 0.1) is 0 Å². The lowest BCUT2D eigenvalue weighted by atomic mass is 10.3. The molecule has 3 amide bonds. The van der Waals surface area contributed by atoms with E-state index in [1.165, 1.54) is 16.7 Å². The minimum Gasteiger partial charge on any atom is -0.375 e. The fourth-order valence-corrected chi connectivity index (χ4v) is 2.77. The number of nitrogens with two attached hydrogens (primary N) is 1. The van der Waals surface area contributed by atoms with Gasteiger partial charge in [-0.1, -0.05) is 12.1 Å². The quantitative estimate of drug-likeness (QED) is 0.560. The standard InChI is InChI=1S/C16H22N4O3S/c1-20(9-15(22)19-11-6-7-11)16(23)8-18-12-4-2-3-5-13(12)24-10-14(17)21/h2-5,11,18H,6-10H2,1H3,(H2,17,21)(H,19,22). The van der Waals surface area contributed by atoms with Crippen LogP contribution in [0.15, 0.2) is 29.2 Å². The van der Waals surface area contributed by atoms with Crippen molar-refractivity contribution >= 4 is 35.2 Å². The largest absolute Gasteiger partial charge is 0.375 e. The average molecular weight is 350 g/mol. The van der Waals surface area contributed by atoms with Crippen LogP contribution in [0.4, 0.5) is 5.69 Å². The van der Waals surface area contributed by atoms with Crippen LogP contribution in [0.5, 0.6) is 0 Å². The first-order valence-electron chi connectivity index (χ1n) is 7.73. The van der Waals surface area contributed by atoms with Gasteiger partial charge in [-0.25, -0.2) is 0 Å². The van der Waals surface area contributed by atoms with Crippen LogP contribution in [0.2, 0.25) is 0 Å². The minimum absolute atomic E-state index is 0.0507. The van der Waals surface area contributed by atoms with Gasteiger partial charge in [-0.2, -0.15) is 0 Å². The number of amides is 3. The number of para-hydroxylation sites is 1. The molecular weight excluding hydrogens is 328 g/mol. The van der Waals surface area contributed by atoms with Crippen molar-refractivity contribution in [3.63, 3.8) is 0 Å². The monoisotopic (exact) mass is 350 g/mol. The Hall–Kier alpha value is -2.22. The zero-order valence-electron chi connectivity index (χ0n) is 13.6. The molecule has 24 heavy (non-hydrogen) atoms. The lowest BCUT2D eigenvalue weighted by Crippen LogP contribution is -2.41. The molecule has 0 saturated heterocycles. The first-order chi connectivity index (χ1) is 11.5. The predicted molar refractivity (Wildman–Crippen MR) is 93.7 cm³/mol. The molecule has 0 bridgehead atoms. The number of hydrogen-bond acceptors (Lipinski definition) is 5. The van der Waals surface area contributed by atoms with Gasteiger partial charge in [0.2, 0.25) is 17.7 Å². The Morgan fingerprint density at radius 3 is 2.67 bits per heavy atom. The molecule has 1 aliphatic carbocycles. The van der Waals surface area contributed by atoms with Crippen LogP contribution in [0.1, 0.15) is 12.8 Å². The van der Waals surface area contributed by atoms with Crippen molar-refractivity contribution in [3.05, 3.63) is 24.3 Å². The molecule has 0 aromatic heterocycles. The van der Waals surface area contributed by atoms with Gasteiger partial charge in [0.25, 0.3) is 0 Å². The predicted octanol–water partition coefficient (Wildman–Crippen LogP) is 0.413. The zero-order valence-corrected chi connectivity index (χ0v) is 14.4. The number of hydrogen-bond donors (Lipinski definition) is 3. The van der Waals surface area contributed by atoms with Crippen LogP contribution in [-0.4, -0.2) is 54.6 Å². The van der Waals surface area contributed by atoms with Gasteiger partial charge in [0.05, 0.1) is 18.8 Å². The van der Waals surface area contributed by atoms with Crippen molar-refractivity contribution in [3.8, 4) is 0 Å². The SMILES string of the molecule is CN(CC(=O)NC1CC1)C(=O)CNc1ccccc1SCC(N)=O. The Balaban J connectivity index is 1.81. The summed E-state index contributed by atoms with van der Waals surface area (Å²) < 4.78 is 0. The second-order valence-corrected chi connectivity index (χ2v) is 6.71. The molecule has 1 saturated carbocycles. The maximum Gasteiger partial charge on any atom is 0.242 e. The van der Waals surface area contributed by atoms with E-state index >= 15 is 0 Å². The molecule has 1 fully saturated rings. The zero-order chi connectivity index (χ0) is 17.5. The summed E-state index contributed by atoms with van der Waals surface area (Å²) in [6.45, 7) is 0.121. The molecule has 0 aliphatic heterocycles. The number of nitrogens with one attached hydrogen (secondary N) is 2. The van der Waals surface area contributed by atoms with E-state index in [1.807, 2.05) is 24.3 Å². The van der Waals surface area contributed by atoms with E-state index in [4.69, 9.17) is 5.73 Å². The number of carbonyl (C=O) groups is 3. The fraction of sp³-hybridized carbons (Fsp3) is 0.438. The lowest BCUT2D eigenvalue weighted by molar-refractivity contribution is -0.133. The number of primary amides is 1. The van der Waals surface area contributed by atoms with Gasteiger partial charge in [-0.15, -0.1) is 11.8 Å². The molecular formula is C16H22N4O3S. The number of anilines is 1. The second-order valence-electron chi connectivity index (χ2n) is 5.70. The first-order valence-corrected chi connectivity index (χ1v) is 8.71. The van der Waals surface area contributed by atoms with Crippen LogP contribution < -0.4 is 16.4 Å². The Morgan fingerprint density at radius 2 is 2.00 bits per heavy atom. The summed E-state index contributed by atoms with van der Waals surface area (Å²) >= 11 is 1.31. The molecule has 4 N–H and O–H groups in total. The summed E-state index contributed by atoms with van der Waals surface area (Å²) in [5.74, 6) is -0.540. The van der Waals surface area contributed by atoms with Gasteiger partial charge in [0.15, 0.2) is 0 Å². The van der Waals surface area contributed by atoms with E-state index in [0.717, 1.165) is 23.4 Å². The lowest BCUT2D eigenvalue weighted by Gasteiger charge is -2.18. The van der Waals surface area contributed by atoms with Gasteiger partial charge in [-0.05, 0) is 25.0 Å². The molecule has 1 aromatic carbocycles. The van der Waals surface area contributed by atoms with Crippen LogP contribution in [0.3, 0.4) is 0 Å². The smallest absolute Gasteiger partial charge is 0.242 e. The number of benzene rings is 1. The van der Waals surface area contributed by atoms with Gasteiger partial charge < -0.3 is 21.3 Å². The number of likely N-dealkylation sites (N-methyl/N-ethyl adjacent to an activating group) is 1. The van der Waals surface area contributed by atoms with Crippen LogP contribution in [0.25, 0.3) is 0 Å². The summed E-state index contributed by atoms with van der Waals surface area (Å²) in [6.07, 6.45) is 2.04. The van der Waals surface area contributed by atoms with Crippen LogP contribution >= 0.6 is 11.8 Å². The molecule has 1 aromatic rings. The summed E-state index contributed by atoms with van der Waals surface area (Å²) in [5.41, 5.74) is 5.92. The topological polar surface area (TPSA) is 105 Å². The van der Waals surface area contributed by atoms with Crippen molar-refractivity contribution in [2.45, 2.75) is 23.8 Å². The van der Waals surface area contributed by atoms with E-state index in [-0.39, 0.29) is 36.7 Å². The molecule has 7 nitrogen and oxygen atoms in total. The Morgan fingerprint density at radius 1 is 1.29 bits per heavy atom. The third kappa shape index (κ3) is 6.11. The summed E-state index contributed by atoms with van der Waals surface area (Å²) in [4.78, 5) is 37.0. The fourth-order valence-electron chi connectivity index (χ4n) is 2.00. The maximum absolute atomic E-state index is 12.1. The third-order valence-corrected chi connectivity index (χ3v) is 4.53. The number of thioether (sulfide) groups is 1. The van der Waals surface area contributed by atoms with Gasteiger partial charge in [0, 0.05) is 23.7 Å². The molecule has 8 heteroatoms. The van der Waals surface area contributed by atoms with E-state index < -0.39 is 5.91 Å². The highest BCUT2D eigenvalue weighted by atomic mass is 32.2. The molecule has 0 radical (unpaired) electrons. The van der Waals surface area contributed by atoms with E-state index in [2.05, 4.69) is 10.6 Å². The van der Waals surface area contributed by atoms with E-state index in [1.54, 1.807) is 7.05 Å². The first kappa shape index (κ1) is 18.1. The molecule has 0 spiro atoms. The van der Waals surface area contributed by atoms with E-state index in [9.17, 15) is 14.4 Å². The van der Waals surface area contributed by atoms with Crippen molar-refractivity contribution in [2.24, 2.45) is 5.73 Å². The molecule has 0 heterocycles. The summed E-state index contributed by atoms with van der Waals surface area (Å²) in [7, 11) is 1.60. The van der Waals surface area contributed by atoms with Gasteiger partial charge >= 0.3 is 0 Å². The third-order valence-electron chi connectivity index (χ3n) is 3.44. The van der Waals surface area contributed by atoms with Crippen molar-refractivity contribution in [1.82, 2.24) is 10.2 Å². The minimum atomic E-state index is -0.396. The van der Waals surface area contributed by atoms with Crippen molar-refractivity contribution in [1.29, 1.82) is 0 Å². The Labute approximate surface area is 145 Å². The molecule has 2 rings (SSSR count). The number of carbonyl (C=O) groups excluding carboxylic acids is 3. The summed E-state index contributed by atoms with van der Waals surface area (Å²) in [6, 6.07) is 7.66. The average Bonchev–Trinajstić information content (AvgIpc) is 3.34. The maximum atomic E-state index is 12.1. The Bertz CT molecular complexity index is 619. The second kappa shape index (κ2) is 8.58. The van der Waals surface area contributed by atoms with E-state index in [0.29, 0.717) is 0 Å². The molecule has 0 atom stereocenters. The van der Waals surface area contributed by atoms with Crippen molar-refractivity contribution < 1.29 is 14.4 Å². The highest BCUT2D eigenvalue weighted by Gasteiger charge is 2.24.